The predicted octanol–water partition coefficient (Wildman–Crippen LogP) is 2.98. The van der Waals surface area contributed by atoms with E-state index in [2.05, 4.69) is 4.99 Å². The Hall–Kier alpha value is -2.78. The molecule has 3 rings (SSSR count). The Kier molecular flexibility index (Phi) is 5.05. The summed E-state index contributed by atoms with van der Waals surface area (Å²) in [5.74, 6) is -0.365. The average Bonchev–Trinajstić information content (AvgIpc) is 3.23. The number of amides is 1. The number of ether oxygens (including phenoxy) is 1. The van der Waals surface area contributed by atoms with Crippen LogP contribution in [0, 0.1) is 10.1 Å². The first kappa shape index (κ1) is 17.1. The van der Waals surface area contributed by atoms with Crippen LogP contribution in [0.25, 0.3) is 10.2 Å². The van der Waals surface area contributed by atoms with E-state index < -0.39 is 10.8 Å². The summed E-state index contributed by atoms with van der Waals surface area (Å²) in [6.45, 7) is 3.40. The minimum absolute atomic E-state index is 0.00498. The fourth-order valence-corrected chi connectivity index (χ4v) is 3.41. The van der Waals surface area contributed by atoms with Crippen molar-refractivity contribution in [2.45, 2.75) is 13.5 Å². The molecule has 0 fully saturated rings. The number of hydrogen-bond donors (Lipinski definition) is 0. The first-order chi connectivity index (χ1) is 12.1. The number of benzene rings is 1. The molecule has 130 valence electrons. The number of aromatic nitrogens is 1. The number of thiazole rings is 1. The molecule has 3 aromatic rings. The fourth-order valence-electron chi connectivity index (χ4n) is 2.32. The molecule has 0 aliphatic heterocycles. The summed E-state index contributed by atoms with van der Waals surface area (Å²) in [5, 5.41) is 11.0. The summed E-state index contributed by atoms with van der Waals surface area (Å²) >= 11 is 1.21. The number of carbonyl (C=O) groups is 1. The molecule has 8 nitrogen and oxygen atoms in total. The minimum atomic E-state index is -0.504. The van der Waals surface area contributed by atoms with E-state index in [0.717, 1.165) is 5.52 Å². The van der Waals surface area contributed by atoms with Gasteiger partial charge < -0.3 is 13.7 Å². The topological polar surface area (TPSA) is 99.9 Å². The molecule has 9 heteroatoms. The summed E-state index contributed by atoms with van der Waals surface area (Å²) in [4.78, 5) is 27.3. The van der Waals surface area contributed by atoms with Gasteiger partial charge in [-0.3, -0.25) is 14.9 Å². The van der Waals surface area contributed by atoms with Gasteiger partial charge in [-0.15, -0.1) is 0 Å². The number of hydrogen-bond acceptors (Lipinski definition) is 6. The lowest BCUT2D eigenvalue weighted by Crippen LogP contribution is -2.19. The quantitative estimate of drug-likeness (QED) is 0.382. The highest BCUT2D eigenvalue weighted by Crippen LogP contribution is 2.23. The SMILES string of the molecule is CCOCCn1c(=NC(=O)c2ccco2)sc2cc([N+](=O)[O-])ccc21. The third-order valence-electron chi connectivity index (χ3n) is 3.47. The number of rotatable bonds is 6. The van der Waals surface area contributed by atoms with Gasteiger partial charge in [-0.2, -0.15) is 4.99 Å². The molecule has 0 spiro atoms. The molecule has 1 amide bonds. The number of furan rings is 1. The van der Waals surface area contributed by atoms with Crippen molar-refractivity contribution in [1.29, 1.82) is 0 Å². The molecule has 0 aliphatic rings. The third kappa shape index (κ3) is 3.67. The van der Waals surface area contributed by atoms with Crippen LogP contribution in [-0.2, 0) is 11.3 Å². The molecule has 0 radical (unpaired) electrons. The highest BCUT2D eigenvalue weighted by molar-refractivity contribution is 7.16. The van der Waals surface area contributed by atoms with Crippen LogP contribution in [0.5, 0.6) is 0 Å². The largest absolute Gasteiger partial charge is 0.459 e. The Morgan fingerprint density at radius 2 is 2.28 bits per heavy atom. The summed E-state index contributed by atoms with van der Waals surface area (Å²) < 4.78 is 12.9. The number of nitro benzene ring substituents is 1. The van der Waals surface area contributed by atoms with Gasteiger partial charge in [-0.1, -0.05) is 11.3 Å². The molecule has 0 atom stereocenters. The van der Waals surface area contributed by atoms with Crippen LogP contribution in [0.2, 0.25) is 0 Å². The third-order valence-corrected chi connectivity index (χ3v) is 4.51. The molecule has 25 heavy (non-hydrogen) atoms. The van der Waals surface area contributed by atoms with Crippen molar-refractivity contribution in [2.24, 2.45) is 4.99 Å². The van der Waals surface area contributed by atoms with E-state index in [-0.39, 0.29) is 11.4 Å². The van der Waals surface area contributed by atoms with Gasteiger partial charge in [-0.05, 0) is 25.1 Å². The van der Waals surface area contributed by atoms with E-state index >= 15 is 0 Å². The van der Waals surface area contributed by atoms with Gasteiger partial charge in [0, 0.05) is 25.3 Å². The average molecular weight is 361 g/mol. The molecular weight excluding hydrogens is 346 g/mol. The van der Waals surface area contributed by atoms with Gasteiger partial charge >= 0.3 is 5.91 Å². The molecule has 0 unspecified atom stereocenters. The Labute approximate surface area is 146 Å². The summed E-state index contributed by atoms with van der Waals surface area (Å²) in [7, 11) is 0. The molecule has 0 saturated carbocycles. The zero-order valence-electron chi connectivity index (χ0n) is 13.4. The van der Waals surface area contributed by atoms with Crippen LogP contribution < -0.4 is 4.80 Å². The lowest BCUT2D eigenvalue weighted by molar-refractivity contribution is -0.384. The zero-order chi connectivity index (χ0) is 17.8. The molecule has 1 aromatic carbocycles. The van der Waals surface area contributed by atoms with E-state index in [9.17, 15) is 14.9 Å². The van der Waals surface area contributed by atoms with Crippen LogP contribution in [0.15, 0.2) is 46.0 Å². The van der Waals surface area contributed by atoms with Crippen molar-refractivity contribution in [3.63, 3.8) is 0 Å². The number of nitrogens with zero attached hydrogens (tertiary/aromatic N) is 3. The predicted molar refractivity (Wildman–Crippen MR) is 91.6 cm³/mol. The smallest absolute Gasteiger partial charge is 0.315 e. The van der Waals surface area contributed by atoms with Crippen molar-refractivity contribution >= 4 is 33.1 Å². The molecular formula is C16H15N3O5S. The van der Waals surface area contributed by atoms with Crippen LogP contribution in [-0.4, -0.2) is 28.6 Å². The van der Waals surface area contributed by atoms with Crippen molar-refractivity contribution in [3.8, 4) is 0 Å². The van der Waals surface area contributed by atoms with Crippen LogP contribution in [0.3, 0.4) is 0 Å². The van der Waals surface area contributed by atoms with Gasteiger partial charge in [0.15, 0.2) is 10.6 Å². The number of fused-ring (bicyclic) bond motifs is 1. The molecule has 2 heterocycles. The summed E-state index contributed by atoms with van der Waals surface area (Å²) in [6.07, 6.45) is 1.40. The molecule has 0 aliphatic carbocycles. The van der Waals surface area contributed by atoms with Crippen molar-refractivity contribution in [1.82, 2.24) is 4.57 Å². The second-order valence-electron chi connectivity index (χ2n) is 5.04. The van der Waals surface area contributed by atoms with E-state index in [0.29, 0.717) is 29.3 Å². The van der Waals surface area contributed by atoms with Gasteiger partial charge in [-0.25, -0.2) is 0 Å². The van der Waals surface area contributed by atoms with Crippen molar-refractivity contribution in [2.75, 3.05) is 13.2 Å². The standard InChI is InChI=1S/C16H15N3O5S/c1-2-23-9-7-18-12-6-5-11(19(21)22)10-14(12)25-16(18)17-15(20)13-4-3-8-24-13/h3-6,8,10H,2,7,9H2,1H3. The van der Waals surface area contributed by atoms with Crippen molar-refractivity contribution < 1.29 is 18.9 Å². The Morgan fingerprint density at radius 1 is 1.44 bits per heavy atom. The second-order valence-corrected chi connectivity index (χ2v) is 6.05. The highest BCUT2D eigenvalue weighted by Gasteiger charge is 2.14. The Morgan fingerprint density at radius 3 is 2.96 bits per heavy atom. The molecule has 0 saturated heterocycles. The maximum absolute atomic E-state index is 12.2. The van der Waals surface area contributed by atoms with Gasteiger partial charge in [0.1, 0.15) is 0 Å². The number of carbonyl (C=O) groups excluding carboxylic acids is 1. The van der Waals surface area contributed by atoms with E-state index in [1.54, 1.807) is 12.1 Å². The van der Waals surface area contributed by atoms with Gasteiger partial charge in [0.05, 0.1) is 28.0 Å². The minimum Gasteiger partial charge on any atom is -0.459 e. The van der Waals surface area contributed by atoms with Gasteiger partial charge in [0.2, 0.25) is 0 Å². The normalized spacial score (nSPS) is 12.0. The second kappa shape index (κ2) is 7.41. The summed E-state index contributed by atoms with van der Waals surface area (Å²) in [6, 6.07) is 7.72. The Balaban J connectivity index is 2.09. The Bertz CT molecular complexity index is 971. The van der Waals surface area contributed by atoms with E-state index in [4.69, 9.17) is 9.15 Å². The highest BCUT2D eigenvalue weighted by atomic mass is 32.1. The molecule has 0 bridgehead atoms. The van der Waals surface area contributed by atoms with Crippen LogP contribution in [0.1, 0.15) is 17.5 Å². The van der Waals surface area contributed by atoms with Gasteiger partial charge in [0.25, 0.3) is 5.69 Å². The van der Waals surface area contributed by atoms with Crippen LogP contribution in [0.4, 0.5) is 5.69 Å². The van der Waals surface area contributed by atoms with Crippen molar-refractivity contribution in [3.05, 3.63) is 57.3 Å². The molecule has 2 aromatic heterocycles. The van der Waals surface area contributed by atoms with E-state index in [1.165, 1.54) is 35.8 Å². The summed E-state index contributed by atoms with van der Waals surface area (Å²) in [5.41, 5.74) is 0.760. The first-order valence-corrected chi connectivity index (χ1v) is 8.40. The monoisotopic (exact) mass is 361 g/mol. The van der Waals surface area contributed by atoms with E-state index in [1.807, 2.05) is 11.5 Å². The molecule has 0 N–H and O–H groups in total. The number of non-ortho nitro benzene ring substituents is 1. The maximum Gasteiger partial charge on any atom is 0.315 e. The zero-order valence-corrected chi connectivity index (χ0v) is 14.2. The maximum atomic E-state index is 12.2. The lowest BCUT2D eigenvalue weighted by Gasteiger charge is -2.05. The first-order valence-electron chi connectivity index (χ1n) is 7.58. The lowest BCUT2D eigenvalue weighted by atomic mass is 10.3. The fraction of sp³-hybridized carbons (Fsp3) is 0.250. The number of nitro groups is 1. The van der Waals surface area contributed by atoms with Crippen LogP contribution >= 0.6 is 11.3 Å².